The fourth-order valence-electron chi connectivity index (χ4n) is 4.35. The molecule has 0 spiro atoms. The maximum Gasteiger partial charge on any atom is 0.266 e. The number of amides is 4. The minimum absolute atomic E-state index is 0.0548. The van der Waals surface area contributed by atoms with Crippen molar-refractivity contribution in [3.8, 4) is 0 Å². The highest BCUT2D eigenvalue weighted by molar-refractivity contribution is 7.12. The van der Waals surface area contributed by atoms with Crippen LogP contribution in [0.5, 0.6) is 0 Å². The van der Waals surface area contributed by atoms with Gasteiger partial charge in [-0.2, -0.15) is 0 Å². The van der Waals surface area contributed by atoms with Gasteiger partial charge < -0.3 is 10.2 Å². The van der Waals surface area contributed by atoms with Gasteiger partial charge in [-0.05, 0) is 54.6 Å². The number of rotatable bonds is 4. The van der Waals surface area contributed by atoms with E-state index < -0.39 is 11.8 Å². The number of carbonyl (C=O) groups excluding carboxylic acids is 4. The molecule has 7 nitrogen and oxygen atoms in total. The minimum Gasteiger partial charge on any atom is -0.337 e. The van der Waals surface area contributed by atoms with Crippen LogP contribution in [-0.4, -0.2) is 41.6 Å². The predicted molar refractivity (Wildman–Crippen MR) is 131 cm³/mol. The predicted octanol–water partition coefficient (Wildman–Crippen LogP) is 4.69. The molecule has 2 aliphatic rings. The molecule has 2 aromatic carbocycles. The van der Waals surface area contributed by atoms with Crippen molar-refractivity contribution in [2.45, 2.75) is 12.8 Å². The summed E-state index contributed by atoms with van der Waals surface area (Å²) in [5.41, 5.74) is 1.38. The molecule has 3 heterocycles. The zero-order valence-corrected chi connectivity index (χ0v) is 19.6. The average molecular weight is 494 g/mol. The molecule has 4 amide bonds. The summed E-state index contributed by atoms with van der Waals surface area (Å²) in [4.78, 5) is 54.5. The van der Waals surface area contributed by atoms with E-state index in [1.807, 2.05) is 11.4 Å². The van der Waals surface area contributed by atoms with Crippen LogP contribution in [0.25, 0.3) is 0 Å². The van der Waals surface area contributed by atoms with E-state index in [4.69, 9.17) is 11.6 Å². The van der Waals surface area contributed by atoms with E-state index >= 15 is 0 Å². The lowest BCUT2D eigenvalue weighted by molar-refractivity contribution is -0.121. The third-order valence-electron chi connectivity index (χ3n) is 6.06. The highest BCUT2D eigenvalue weighted by Gasteiger charge is 2.37. The van der Waals surface area contributed by atoms with Crippen LogP contribution in [0.3, 0.4) is 0 Å². The summed E-state index contributed by atoms with van der Waals surface area (Å²) < 4.78 is 0. The van der Waals surface area contributed by atoms with Gasteiger partial charge in [-0.15, -0.1) is 11.3 Å². The number of nitrogens with zero attached hydrogens (tertiary/aromatic N) is 2. The SMILES string of the molecule is O=C(Nc1ccc(N2C(=O)c3ccccc3C2=O)c(Cl)c1)C1CCCN(C(=O)c2cccs2)C1. The van der Waals surface area contributed by atoms with Crippen molar-refractivity contribution in [3.05, 3.63) is 81.0 Å². The van der Waals surface area contributed by atoms with E-state index in [-0.39, 0.29) is 28.4 Å². The number of thiophene rings is 1. The number of halogens is 1. The van der Waals surface area contributed by atoms with Crippen LogP contribution in [0, 0.1) is 5.92 Å². The Morgan fingerprint density at radius 1 is 1.00 bits per heavy atom. The fraction of sp³-hybridized carbons (Fsp3) is 0.200. The first-order valence-corrected chi connectivity index (χ1v) is 12.1. The number of anilines is 2. The lowest BCUT2D eigenvalue weighted by Gasteiger charge is -2.31. The average Bonchev–Trinajstić information content (AvgIpc) is 3.47. The molecule has 1 saturated heterocycles. The lowest BCUT2D eigenvalue weighted by Crippen LogP contribution is -2.43. The molecule has 1 unspecified atom stereocenters. The van der Waals surface area contributed by atoms with Crippen molar-refractivity contribution in [3.63, 3.8) is 0 Å². The molecule has 5 rings (SSSR count). The van der Waals surface area contributed by atoms with Crippen molar-refractivity contribution >= 4 is 57.9 Å². The first-order valence-electron chi connectivity index (χ1n) is 10.8. The van der Waals surface area contributed by atoms with E-state index in [2.05, 4.69) is 5.32 Å². The Hall–Kier alpha value is -3.49. The maximum absolute atomic E-state index is 12.9. The molecule has 0 bridgehead atoms. The van der Waals surface area contributed by atoms with Gasteiger partial charge in [0, 0.05) is 18.8 Å². The summed E-state index contributed by atoms with van der Waals surface area (Å²) in [6.45, 7) is 0.977. The number of benzene rings is 2. The molecular formula is C25H20ClN3O4S. The summed E-state index contributed by atoms with van der Waals surface area (Å²) in [7, 11) is 0. The van der Waals surface area contributed by atoms with Crippen molar-refractivity contribution in [2.75, 3.05) is 23.3 Å². The van der Waals surface area contributed by atoms with Crippen LogP contribution in [0.1, 0.15) is 43.2 Å². The highest BCUT2D eigenvalue weighted by atomic mass is 35.5. The quantitative estimate of drug-likeness (QED) is 0.534. The van der Waals surface area contributed by atoms with Crippen LogP contribution in [0.2, 0.25) is 5.02 Å². The van der Waals surface area contributed by atoms with Crippen LogP contribution < -0.4 is 10.2 Å². The molecule has 9 heteroatoms. The first kappa shape index (κ1) is 22.3. The van der Waals surface area contributed by atoms with Crippen molar-refractivity contribution < 1.29 is 19.2 Å². The third-order valence-corrected chi connectivity index (χ3v) is 7.22. The monoisotopic (exact) mass is 493 g/mol. The molecule has 3 aromatic rings. The smallest absolute Gasteiger partial charge is 0.266 e. The molecule has 1 N–H and O–H groups in total. The number of imide groups is 1. The molecule has 1 atom stereocenters. The van der Waals surface area contributed by atoms with Gasteiger partial charge in [0.15, 0.2) is 0 Å². The second-order valence-corrected chi connectivity index (χ2v) is 9.57. The molecule has 0 saturated carbocycles. The standard InChI is InChI=1S/C25H20ClN3O4S/c26-19-13-16(9-10-20(19)29-23(31)17-6-1-2-7-18(17)24(29)32)27-22(30)15-5-3-11-28(14-15)25(33)21-8-4-12-34-21/h1-2,4,6-10,12-13,15H,3,5,11,14H2,(H,27,30). The van der Waals surface area contributed by atoms with E-state index in [1.54, 1.807) is 47.4 Å². The van der Waals surface area contributed by atoms with E-state index in [9.17, 15) is 19.2 Å². The molecule has 0 aliphatic carbocycles. The topological polar surface area (TPSA) is 86.8 Å². The number of carbonyl (C=O) groups is 4. The Labute approximate surface area is 204 Å². The van der Waals surface area contributed by atoms with Gasteiger partial charge in [-0.3, -0.25) is 19.2 Å². The van der Waals surface area contributed by atoms with Gasteiger partial charge >= 0.3 is 0 Å². The number of piperidine rings is 1. The number of hydrogen-bond acceptors (Lipinski definition) is 5. The number of nitrogens with one attached hydrogen (secondary N) is 1. The maximum atomic E-state index is 12.9. The van der Waals surface area contributed by atoms with E-state index in [0.717, 1.165) is 11.3 Å². The zero-order valence-electron chi connectivity index (χ0n) is 18.0. The summed E-state index contributed by atoms with van der Waals surface area (Å²) in [6, 6.07) is 14.9. The Balaban J connectivity index is 1.28. The summed E-state index contributed by atoms with van der Waals surface area (Å²) in [6.07, 6.45) is 1.43. The largest absolute Gasteiger partial charge is 0.337 e. The third kappa shape index (κ3) is 3.99. The number of fused-ring (bicyclic) bond motifs is 1. The Kier molecular flexibility index (Phi) is 5.93. The minimum atomic E-state index is -0.433. The zero-order chi connectivity index (χ0) is 23.8. The van der Waals surface area contributed by atoms with Crippen molar-refractivity contribution in [1.82, 2.24) is 4.90 Å². The Morgan fingerprint density at radius 2 is 1.74 bits per heavy atom. The Morgan fingerprint density at radius 3 is 2.38 bits per heavy atom. The second kappa shape index (κ2) is 9.04. The number of hydrogen-bond donors (Lipinski definition) is 1. The van der Waals surface area contributed by atoms with Crippen LogP contribution >= 0.6 is 22.9 Å². The molecule has 34 heavy (non-hydrogen) atoms. The summed E-state index contributed by atoms with van der Waals surface area (Å²) >= 11 is 7.81. The molecule has 2 aliphatic heterocycles. The van der Waals surface area contributed by atoms with Crippen molar-refractivity contribution in [1.29, 1.82) is 0 Å². The lowest BCUT2D eigenvalue weighted by atomic mass is 9.97. The molecule has 0 radical (unpaired) electrons. The van der Waals surface area contributed by atoms with Crippen LogP contribution in [0.4, 0.5) is 11.4 Å². The Bertz CT molecular complexity index is 1270. The van der Waals surface area contributed by atoms with Gasteiger partial charge in [0.2, 0.25) is 5.91 Å². The summed E-state index contributed by atoms with van der Waals surface area (Å²) in [5, 5.41) is 4.89. The van der Waals surface area contributed by atoms with E-state index in [1.165, 1.54) is 17.4 Å². The highest BCUT2D eigenvalue weighted by Crippen LogP contribution is 2.35. The van der Waals surface area contributed by atoms with Crippen LogP contribution in [-0.2, 0) is 4.79 Å². The van der Waals surface area contributed by atoms with Gasteiger partial charge in [-0.25, -0.2) is 4.90 Å². The first-order chi connectivity index (χ1) is 16.4. The second-order valence-electron chi connectivity index (χ2n) is 8.21. The molecule has 1 aromatic heterocycles. The van der Waals surface area contributed by atoms with Gasteiger partial charge in [0.25, 0.3) is 17.7 Å². The molecule has 1 fully saturated rings. The van der Waals surface area contributed by atoms with Gasteiger partial charge in [-0.1, -0.05) is 29.8 Å². The van der Waals surface area contributed by atoms with Gasteiger partial charge in [0.1, 0.15) is 0 Å². The fourth-order valence-corrected chi connectivity index (χ4v) is 5.31. The summed E-state index contributed by atoms with van der Waals surface area (Å²) in [5.74, 6) is -1.46. The molecule has 172 valence electrons. The van der Waals surface area contributed by atoms with E-state index in [0.29, 0.717) is 41.2 Å². The molecular weight excluding hydrogens is 474 g/mol. The normalized spacial score (nSPS) is 17.6. The van der Waals surface area contributed by atoms with Crippen molar-refractivity contribution in [2.24, 2.45) is 5.92 Å². The van der Waals surface area contributed by atoms with Crippen LogP contribution in [0.15, 0.2) is 60.0 Å². The van der Waals surface area contributed by atoms with Gasteiger partial charge in [0.05, 0.1) is 32.6 Å². The number of likely N-dealkylation sites (tertiary alicyclic amines) is 1.